The standard InChI is InChI=1S/C9H12N2.4C9H13NO.4C9H13NS/c1-5-8-7(6-10-11-8)9(2,3)4;1-5-8-10-7(6-11-8)9(2,3)4;1-5-8-10-6-7(11-8)9(2,3)4;1-5-8-7(6-11-10-8)9(2,3)4;1-5-7-6-8(11-10-7)9(2,3)4;1-5-8-10-7(6-11-8)9(2,3)4;1-5-8-10-6-7(11-8)9(2,3)4;1-5-8-7(6-11-10-8)9(2,3)4;1-5-7-6-8(11-10-7)9(2,3)4/h1,6H,2-4H3,(H,10,11);8*5-6H,1H2,2-4H3. The van der Waals surface area contributed by atoms with Crippen LogP contribution < -0.4 is 0 Å². The number of terminal acetylenes is 1. The van der Waals surface area contributed by atoms with Crippen molar-refractivity contribution in [3.8, 4) is 12.3 Å². The topological polar surface area (TPSA) is 184 Å². The molecule has 0 radical (unpaired) electrons. The van der Waals surface area contributed by atoms with Crippen molar-refractivity contribution in [3.63, 3.8) is 0 Å². The Kier molecular flexibility index (Phi) is 34.7. The number of oxazole rings is 2. The van der Waals surface area contributed by atoms with Gasteiger partial charge in [-0.05, 0) is 110 Å². The third-order valence-corrected chi connectivity index (χ3v) is 17.7. The van der Waals surface area contributed by atoms with Gasteiger partial charge in [-0.3, -0.25) is 5.10 Å². The summed E-state index contributed by atoms with van der Waals surface area (Å²) in [7, 11) is 0. The summed E-state index contributed by atoms with van der Waals surface area (Å²) in [5.41, 5.74) is 11.2. The number of hydrogen-bond donors (Lipinski definition) is 1. The number of hydrogen-bond acceptors (Lipinski definition) is 17. The summed E-state index contributed by atoms with van der Waals surface area (Å²) in [6, 6.07) is 4.00. The smallest absolute Gasteiger partial charge is 0.218 e. The second-order valence-electron chi connectivity index (χ2n) is 31.9. The maximum absolute atomic E-state index is 5.37. The van der Waals surface area contributed by atoms with Crippen LogP contribution in [0.15, 0.2) is 125 Å². The molecule has 0 aromatic carbocycles. The lowest BCUT2D eigenvalue weighted by Crippen LogP contribution is -2.11. The van der Waals surface area contributed by atoms with Gasteiger partial charge in [0.25, 0.3) is 0 Å². The largest absolute Gasteiger partial charge is 0.445 e. The molecule has 0 saturated heterocycles. The second kappa shape index (κ2) is 38.6. The molecule has 9 rings (SSSR count). The van der Waals surface area contributed by atoms with Gasteiger partial charge in [-0.1, -0.05) is 256 Å². The minimum atomic E-state index is 0.0360. The summed E-state index contributed by atoms with van der Waals surface area (Å²) < 4.78 is 28.9. The van der Waals surface area contributed by atoms with Crippen LogP contribution in [0, 0.1) is 12.3 Å². The highest BCUT2D eigenvalue weighted by atomic mass is 32.1. The summed E-state index contributed by atoms with van der Waals surface area (Å²) >= 11 is 6.41. The van der Waals surface area contributed by atoms with Gasteiger partial charge in [0, 0.05) is 65.6 Å². The number of nitrogens with zero attached hydrogens (tertiary/aromatic N) is 9. The van der Waals surface area contributed by atoms with Crippen LogP contribution in [0.1, 0.15) is 287 Å². The van der Waals surface area contributed by atoms with Gasteiger partial charge in [0.2, 0.25) is 11.8 Å². The number of thiazole rings is 2. The van der Waals surface area contributed by atoms with Crippen LogP contribution in [0.5, 0.6) is 0 Å². The van der Waals surface area contributed by atoms with Crippen LogP contribution >= 0.6 is 45.7 Å². The van der Waals surface area contributed by atoms with Crippen molar-refractivity contribution in [1.82, 2.24) is 49.2 Å². The van der Waals surface area contributed by atoms with Gasteiger partial charge in [-0.2, -0.15) is 13.8 Å². The van der Waals surface area contributed by atoms with Crippen LogP contribution in [0.25, 0.3) is 48.6 Å². The highest BCUT2D eigenvalue weighted by Gasteiger charge is 2.24. The Morgan fingerprint density at radius 3 is 1.30 bits per heavy atom. The van der Waals surface area contributed by atoms with E-state index in [4.69, 9.17) is 24.3 Å². The maximum atomic E-state index is 5.37. The van der Waals surface area contributed by atoms with Crippen LogP contribution in [0.3, 0.4) is 0 Å². The maximum Gasteiger partial charge on any atom is 0.218 e. The molecule has 538 valence electrons. The molecule has 0 aliphatic heterocycles. The Labute approximate surface area is 611 Å². The quantitative estimate of drug-likeness (QED) is 0.142. The molecule has 0 bridgehead atoms. The van der Waals surface area contributed by atoms with Gasteiger partial charge in [0.05, 0.1) is 35.2 Å². The highest BCUT2D eigenvalue weighted by Crippen LogP contribution is 2.32. The molecular formula is C81H116N10O4S4. The minimum Gasteiger partial charge on any atom is -0.445 e. The van der Waals surface area contributed by atoms with Crippen molar-refractivity contribution in [3.05, 3.63) is 206 Å². The molecule has 0 spiro atoms. The Bertz CT molecular complexity index is 3460. The monoisotopic (exact) mass is 1420 g/mol. The Hall–Kier alpha value is -7.95. The molecule has 14 nitrogen and oxygen atoms in total. The number of H-pyrrole nitrogens is 1. The molecule has 0 aliphatic rings. The van der Waals surface area contributed by atoms with Crippen molar-refractivity contribution >= 4 is 94.3 Å². The highest BCUT2D eigenvalue weighted by molar-refractivity contribution is 7.12. The van der Waals surface area contributed by atoms with E-state index in [0.29, 0.717) is 11.8 Å². The summed E-state index contributed by atoms with van der Waals surface area (Å²) in [5, 5.41) is 20.5. The molecule has 0 amide bonds. The SMILES string of the molecule is C#Cc1[nH]ncc1C(C)(C)C.C=Cc1cc(C(C)(C)C)on1.C=Cc1cc(C(C)(C)C)sn1.C=Cc1nc(C(C)(C)C)co1.C=Cc1nc(C(C)(C)C)cs1.C=Cc1ncc(C(C)(C)C)o1.C=Cc1ncc(C(C)(C)C)s1.C=Cc1nocc1C(C)(C)C.C=Cc1nscc1C(C)(C)C. The molecule has 99 heavy (non-hydrogen) atoms. The van der Waals surface area contributed by atoms with E-state index in [1.807, 2.05) is 18.3 Å². The molecule has 18 heteroatoms. The van der Waals surface area contributed by atoms with Crippen molar-refractivity contribution < 1.29 is 17.9 Å². The molecular weight excluding hydrogens is 1310 g/mol. The predicted molar refractivity (Wildman–Crippen MR) is 430 cm³/mol. The van der Waals surface area contributed by atoms with Gasteiger partial charge in [-0.25, -0.2) is 19.9 Å². The number of rotatable bonds is 8. The molecule has 0 fully saturated rings. The Balaban J connectivity index is 0.000000557. The first-order valence-electron chi connectivity index (χ1n) is 32.6. The molecule has 9 aromatic heterocycles. The second-order valence-corrected chi connectivity index (χ2v) is 35.3. The van der Waals surface area contributed by atoms with E-state index in [1.54, 1.807) is 102 Å². The van der Waals surface area contributed by atoms with Gasteiger partial charge >= 0.3 is 0 Å². The molecule has 0 unspecified atom stereocenters. The van der Waals surface area contributed by atoms with Crippen LogP contribution in [-0.2, 0) is 48.7 Å². The van der Waals surface area contributed by atoms with Crippen molar-refractivity contribution in [1.29, 1.82) is 0 Å². The van der Waals surface area contributed by atoms with E-state index in [0.717, 1.165) is 72.5 Å². The zero-order chi connectivity index (χ0) is 76.3. The molecule has 9 heterocycles. The van der Waals surface area contributed by atoms with Gasteiger partial charge in [-0.15, -0.1) is 29.1 Å². The summed E-state index contributed by atoms with van der Waals surface area (Å²) in [4.78, 5) is 19.5. The van der Waals surface area contributed by atoms with Gasteiger partial charge in [0.15, 0.2) is 0 Å². The fourth-order valence-electron chi connectivity index (χ4n) is 7.26. The predicted octanol–water partition coefficient (Wildman–Crippen LogP) is 24.5. The zero-order valence-electron chi connectivity index (χ0n) is 64.8. The van der Waals surface area contributed by atoms with Crippen molar-refractivity contribution in [2.75, 3.05) is 0 Å². The first kappa shape index (κ1) is 89.1. The van der Waals surface area contributed by atoms with Crippen molar-refractivity contribution in [2.45, 2.75) is 236 Å². The average molecular weight is 1420 g/mol. The van der Waals surface area contributed by atoms with Gasteiger partial charge in [0.1, 0.15) is 51.1 Å². The average Bonchev–Trinajstić information content (AvgIpc) is 1.77. The molecule has 0 atom stereocenters. The Morgan fingerprint density at radius 2 is 1.00 bits per heavy atom. The molecule has 0 saturated carbocycles. The summed E-state index contributed by atoms with van der Waals surface area (Å²) in [5.74, 6) is 5.54. The molecule has 9 aromatic rings. The van der Waals surface area contributed by atoms with Crippen LogP contribution in [0.2, 0.25) is 0 Å². The van der Waals surface area contributed by atoms with E-state index in [2.05, 4.69) is 312 Å². The molecule has 0 aliphatic carbocycles. The van der Waals surface area contributed by atoms with Gasteiger partial charge < -0.3 is 17.9 Å². The summed E-state index contributed by atoms with van der Waals surface area (Å²) in [6.45, 7) is 86.8. The van der Waals surface area contributed by atoms with E-state index in [-0.39, 0.29) is 48.7 Å². The third-order valence-electron chi connectivity index (χ3n) is 13.5. The van der Waals surface area contributed by atoms with Crippen LogP contribution in [0.4, 0.5) is 0 Å². The van der Waals surface area contributed by atoms with E-state index in [1.165, 1.54) is 26.9 Å². The number of nitrogens with one attached hydrogen (secondary N) is 1. The normalized spacial score (nSPS) is 11.5. The third kappa shape index (κ3) is 31.9. The molecule has 1 N–H and O–H groups in total. The summed E-state index contributed by atoms with van der Waals surface area (Å²) in [6.07, 6.45) is 27.9. The van der Waals surface area contributed by atoms with Crippen molar-refractivity contribution in [2.24, 2.45) is 0 Å². The number of aromatic nitrogens is 10. The Morgan fingerprint density at radius 1 is 0.455 bits per heavy atom. The number of aromatic amines is 1. The van der Waals surface area contributed by atoms with E-state index < -0.39 is 0 Å². The first-order chi connectivity index (χ1) is 45.4. The lowest BCUT2D eigenvalue weighted by Gasteiger charge is -2.16. The lowest BCUT2D eigenvalue weighted by atomic mass is 9.87. The first-order valence-corrected chi connectivity index (χ1v) is 35.9. The fraction of sp³-hybridized carbons (Fsp3) is 0.444. The van der Waals surface area contributed by atoms with Crippen LogP contribution in [-0.4, -0.2) is 49.2 Å². The minimum absolute atomic E-state index is 0.0360. The zero-order valence-corrected chi connectivity index (χ0v) is 68.1. The van der Waals surface area contributed by atoms with E-state index >= 15 is 0 Å². The fourth-order valence-corrected chi connectivity index (χ4v) is 10.7. The lowest BCUT2D eigenvalue weighted by molar-refractivity contribution is 0.328. The van der Waals surface area contributed by atoms with E-state index in [9.17, 15) is 0 Å².